The van der Waals surface area contributed by atoms with Crippen LogP contribution in [0.25, 0.3) is 5.65 Å². The van der Waals surface area contributed by atoms with Crippen LogP contribution in [0.1, 0.15) is 45.1 Å². The summed E-state index contributed by atoms with van der Waals surface area (Å²) in [5, 5.41) is 11.6. The number of nitrogens with one attached hydrogen (secondary N) is 3. The minimum Gasteiger partial charge on any atom is -0.356 e. The smallest absolute Gasteiger partial charge is 0.356 e. The Hall–Kier alpha value is -4.95. The van der Waals surface area contributed by atoms with Gasteiger partial charge < -0.3 is 16.1 Å². The normalized spacial score (nSPS) is 12.8. The molecule has 1 aliphatic heterocycles. The molecule has 0 unspecified atom stereocenters. The lowest BCUT2D eigenvalue weighted by Gasteiger charge is -2.25. The van der Waals surface area contributed by atoms with Crippen molar-refractivity contribution in [2.24, 2.45) is 0 Å². The molecule has 3 N–H and O–H groups in total. The summed E-state index contributed by atoms with van der Waals surface area (Å²) in [5.74, 6) is 5.92. The van der Waals surface area contributed by atoms with Crippen molar-refractivity contribution in [3.63, 3.8) is 0 Å². The number of aryl methyl sites for hydroxylation is 1. The van der Waals surface area contributed by atoms with Gasteiger partial charge in [-0.2, -0.15) is 18.2 Å². The van der Waals surface area contributed by atoms with E-state index in [1.807, 2.05) is 13.8 Å². The maximum atomic E-state index is 13.9. The lowest BCUT2D eigenvalue weighted by Crippen LogP contribution is -2.31. The lowest BCUT2D eigenvalue weighted by atomic mass is 10.0. The van der Waals surface area contributed by atoms with Gasteiger partial charge in [-0.25, -0.2) is 4.52 Å². The number of pyridine rings is 1. The first-order valence-electron chi connectivity index (χ1n) is 12.8. The Morgan fingerprint density at radius 1 is 1.12 bits per heavy atom. The highest BCUT2D eigenvalue weighted by atomic mass is 35.5. The van der Waals surface area contributed by atoms with Crippen LogP contribution in [0.5, 0.6) is 0 Å². The van der Waals surface area contributed by atoms with Gasteiger partial charge in [-0.1, -0.05) is 35.6 Å². The van der Waals surface area contributed by atoms with Crippen molar-refractivity contribution in [2.45, 2.75) is 26.6 Å². The van der Waals surface area contributed by atoms with Gasteiger partial charge in [0.15, 0.2) is 5.65 Å². The van der Waals surface area contributed by atoms with Crippen LogP contribution in [0.15, 0.2) is 72.7 Å². The molecule has 0 spiro atoms. The van der Waals surface area contributed by atoms with E-state index in [0.717, 1.165) is 17.2 Å². The maximum Gasteiger partial charge on any atom is 0.416 e. The molecular formula is C30H25ClF3N7O. The number of hydrazine groups is 1. The second-order valence-electron chi connectivity index (χ2n) is 9.59. The monoisotopic (exact) mass is 591 g/mol. The van der Waals surface area contributed by atoms with E-state index in [1.54, 1.807) is 61.0 Å². The minimum absolute atomic E-state index is 0.0188. The molecular weight excluding hydrogens is 567 g/mol. The highest BCUT2D eigenvalue weighted by Crippen LogP contribution is 2.34. The summed E-state index contributed by atoms with van der Waals surface area (Å²) in [6, 6.07) is 10.3. The van der Waals surface area contributed by atoms with E-state index in [2.05, 4.69) is 38.0 Å². The Kier molecular flexibility index (Phi) is 7.83. The highest BCUT2D eigenvalue weighted by Gasteiger charge is 2.34. The number of amides is 1. The van der Waals surface area contributed by atoms with Gasteiger partial charge in [-0.05, 0) is 67.0 Å². The third kappa shape index (κ3) is 6.34. The van der Waals surface area contributed by atoms with E-state index in [0.29, 0.717) is 27.7 Å². The first-order chi connectivity index (χ1) is 20.0. The van der Waals surface area contributed by atoms with Crippen LogP contribution in [0, 0.1) is 18.8 Å². The predicted molar refractivity (Wildman–Crippen MR) is 156 cm³/mol. The quantitative estimate of drug-likeness (QED) is 0.242. The average Bonchev–Trinajstić information content (AvgIpc) is 3.38. The van der Waals surface area contributed by atoms with Gasteiger partial charge in [0.25, 0.3) is 5.91 Å². The van der Waals surface area contributed by atoms with Gasteiger partial charge in [0.1, 0.15) is 0 Å². The summed E-state index contributed by atoms with van der Waals surface area (Å²) in [4.78, 5) is 17.3. The van der Waals surface area contributed by atoms with E-state index < -0.39 is 17.6 Å². The fourth-order valence-corrected chi connectivity index (χ4v) is 4.43. The number of carbonyl (C=O) groups excluding carboxylic acids is 1. The van der Waals surface area contributed by atoms with Gasteiger partial charge in [0.2, 0.25) is 5.95 Å². The average molecular weight is 592 g/mol. The van der Waals surface area contributed by atoms with Crippen molar-refractivity contribution in [1.82, 2.24) is 25.0 Å². The standard InChI is InChI=1S/C30H25ClF3N7O/c1-18-10-11-40(36-15-18)17-23-8-9-24(14-25(23)30(32,33)34)37-28(42)22-6-4-19(2)21(13-22)7-5-20-12-26(31)27-38-29(35-3)39-41(27)16-20/h4,6,8-16,36H,17H2,1-3H3,(H,35,39)(H,37,42). The zero-order valence-electron chi connectivity index (χ0n) is 22.8. The molecule has 8 nitrogen and oxygen atoms in total. The number of alkyl halides is 3. The number of benzene rings is 2. The maximum absolute atomic E-state index is 13.9. The number of anilines is 2. The molecule has 2 aromatic heterocycles. The zero-order chi connectivity index (χ0) is 30.0. The van der Waals surface area contributed by atoms with Crippen molar-refractivity contribution >= 4 is 34.8 Å². The van der Waals surface area contributed by atoms with Crippen LogP contribution in [-0.2, 0) is 12.7 Å². The largest absolute Gasteiger partial charge is 0.416 e. The Morgan fingerprint density at radius 3 is 2.64 bits per heavy atom. The van der Waals surface area contributed by atoms with Gasteiger partial charge in [-0.3, -0.25) is 9.80 Å². The molecule has 0 bridgehead atoms. The fourth-order valence-electron chi connectivity index (χ4n) is 4.18. The number of rotatable bonds is 5. The van der Waals surface area contributed by atoms with Crippen molar-refractivity contribution in [2.75, 3.05) is 17.7 Å². The predicted octanol–water partition coefficient (Wildman–Crippen LogP) is 6.14. The van der Waals surface area contributed by atoms with Gasteiger partial charge in [-0.15, -0.1) is 5.10 Å². The molecule has 3 heterocycles. The molecule has 4 aromatic rings. The summed E-state index contributed by atoms with van der Waals surface area (Å²) in [7, 11) is 1.70. The molecule has 0 aliphatic carbocycles. The number of aromatic nitrogens is 3. The van der Waals surface area contributed by atoms with Crippen molar-refractivity contribution in [3.05, 3.63) is 111 Å². The Balaban J connectivity index is 1.36. The van der Waals surface area contributed by atoms with Crippen LogP contribution in [-0.4, -0.2) is 32.6 Å². The number of hydrogen-bond acceptors (Lipinski definition) is 6. The van der Waals surface area contributed by atoms with Crippen LogP contribution in [0.2, 0.25) is 5.02 Å². The molecule has 2 aromatic carbocycles. The van der Waals surface area contributed by atoms with Crippen molar-refractivity contribution < 1.29 is 18.0 Å². The Morgan fingerprint density at radius 2 is 1.93 bits per heavy atom. The fraction of sp³-hybridized carbons (Fsp3) is 0.167. The summed E-state index contributed by atoms with van der Waals surface area (Å²) >= 11 is 6.34. The third-order valence-electron chi connectivity index (χ3n) is 6.44. The molecule has 0 radical (unpaired) electrons. The van der Waals surface area contributed by atoms with Crippen molar-refractivity contribution in [3.8, 4) is 11.8 Å². The number of allylic oxidation sites excluding steroid dienone is 2. The van der Waals surface area contributed by atoms with Gasteiger partial charge in [0, 0.05) is 48.0 Å². The zero-order valence-corrected chi connectivity index (χ0v) is 23.5. The molecule has 214 valence electrons. The molecule has 42 heavy (non-hydrogen) atoms. The molecule has 12 heteroatoms. The lowest BCUT2D eigenvalue weighted by molar-refractivity contribution is -0.138. The first-order valence-corrected chi connectivity index (χ1v) is 13.1. The van der Waals surface area contributed by atoms with Crippen LogP contribution in [0.4, 0.5) is 24.8 Å². The number of hydrogen-bond donors (Lipinski definition) is 3. The minimum atomic E-state index is -4.61. The number of fused-ring (bicyclic) bond motifs is 1. The number of carbonyl (C=O) groups is 1. The Labute approximate surface area is 244 Å². The molecule has 0 saturated carbocycles. The molecule has 5 rings (SSSR count). The van der Waals surface area contributed by atoms with Crippen molar-refractivity contribution in [1.29, 1.82) is 0 Å². The van der Waals surface area contributed by atoms with E-state index in [-0.39, 0.29) is 23.4 Å². The summed E-state index contributed by atoms with van der Waals surface area (Å²) < 4.78 is 43.3. The highest BCUT2D eigenvalue weighted by molar-refractivity contribution is 6.33. The van der Waals surface area contributed by atoms with Crippen LogP contribution >= 0.6 is 11.6 Å². The van der Waals surface area contributed by atoms with E-state index in [1.165, 1.54) is 16.6 Å². The van der Waals surface area contributed by atoms with E-state index in [9.17, 15) is 18.0 Å². The molecule has 0 fully saturated rings. The summed E-state index contributed by atoms with van der Waals surface area (Å²) in [5.41, 5.74) is 5.84. The summed E-state index contributed by atoms with van der Waals surface area (Å²) in [6.45, 7) is 3.70. The molecule has 0 saturated heterocycles. The van der Waals surface area contributed by atoms with Gasteiger partial charge >= 0.3 is 6.18 Å². The molecule has 1 aliphatic rings. The number of nitrogens with zero attached hydrogens (tertiary/aromatic N) is 4. The second-order valence-corrected chi connectivity index (χ2v) is 10.0. The topological polar surface area (TPSA) is 86.6 Å². The van der Waals surface area contributed by atoms with Crippen LogP contribution in [0.3, 0.4) is 0 Å². The Bertz CT molecular complexity index is 1820. The summed E-state index contributed by atoms with van der Waals surface area (Å²) in [6.07, 6.45) is 2.24. The van der Waals surface area contributed by atoms with E-state index >= 15 is 0 Å². The molecule has 1 amide bonds. The number of halogens is 4. The molecule has 0 atom stereocenters. The van der Waals surface area contributed by atoms with E-state index in [4.69, 9.17) is 11.6 Å². The van der Waals surface area contributed by atoms with Crippen LogP contribution < -0.4 is 16.1 Å². The SMILES string of the molecule is CNc1nc2c(Cl)cc(C#Cc3cc(C(=O)Nc4ccc(CN5C=CC(C)=CN5)c(C(F)(F)F)c4)ccc3C)cn2n1. The van der Waals surface area contributed by atoms with Gasteiger partial charge in [0.05, 0.1) is 17.1 Å². The first kappa shape index (κ1) is 28.6. The second kappa shape index (κ2) is 11.5. The third-order valence-corrected chi connectivity index (χ3v) is 6.72.